The Labute approximate surface area is 458 Å². The number of unbranched alkanes of at least 4 members (excludes halogenated alkanes) is 3. The van der Waals surface area contributed by atoms with Crippen LogP contribution in [0.25, 0.3) is 28.8 Å². The Hall–Kier alpha value is -8.91. The molecular weight excluding hydrogens is 971 g/mol. The number of anilines is 9. The molecule has 0 radical (unpaired) electrons. The summed E-state index contributed by atoms with van der Waals surface area (Å²) in [5.74, 6) is 3.16. The van der Waals surface area contributed by atoms with Gasteiger partial charge in [-0.1, -0.05) is 44.4 Å². The van der Waals surface area contributed by atoms with Crippen molar-refractivity contribution in [1.29, 1.82) is 5.26 Å². The van der Waals surface area contributed by atoms with Crippen LogP contribution >= 0.6 is 11.3 Å². The van der Waals surface area contributed by atoms with Crippen LogP contribution in [0.1, 0.15) is 61.2 Å². The fourth-order valence-electron chi connectivity index (χ4n) is 9.52. The summed E-state index contributed by atoms with van der Waals surface area (Å²) < 4.78 is 24.4. The third-order valence-corrected chi connectivity index (χ3v) is 14.9. The van der Waals surface area contributed by atoms with Crippen molar-refractivity contribution in [3.05, 3.63) is 215 Å². The summed E-state index contributed by atoms with van der Waals surface area (Å²) in [6.07, 6.45) is 12.2. The molecule has 0 spiro atoms. The molecule has 0 saturated heterocycles. The van der Waals surface area contributed by atoms with E-state index in [2.05, 4.69) is 191 Å². The number of aromatic nitrogens is 1. The normalized spacial score (nSPS) is 11.3. The molecule has 0 atom stereocenters. The van der Waals surface area contributed by atoms with Gasteiger partial charge in [-0.15, -0.1) is 11.3 Å². The van der Waals surface area contributed by atoms with Crippen LogP contribution in [-0.2, 0) is 13.5 Å². The standard InChI is InChI=1S/C67H65N5O4S/c1-8-9-10-11-12-50-46-65(45-48(2)47-68)77-67(50)66-44-35-51(69(66)3)16-13-49-14-17-52(18-15-49)70(53-19-23-55(24-20-53)71(57-27-36-61(73-4)37-28-57)58-29-38-62(74-5)39-30-58)54-21-25-56(26-22-54)72(59-31-40-63(75-6)41-32-59)60-33-42-64(76-7)43-34-60/h13-46H,8-12H2,1-7H3/b16-13+,48-45-. The first-order valence-electron chi connectivity index (χ1n) is 26.0. The molecular formula is C67H65N5O4S. The van der Waals surface area contributed by atoms with Crippen molar-refractivity contribution in [1.82, 2.24) is 4.57 Å². The van der Waals surface area contributed by atoms with E-state index in [-0.39, 0.29) is 0 Å². The zero-order valence-corrected chi connectivity index (χ0v) is 45.8. The Morgan fingerprint density at radius 1 is 0.494 bits per heavy atom. The van der Waals surface area contributed by atoms with Gasteiger partial charge in [0.25, 0.3) is 0 Å². The summed E-state index contributed by atoms with van der Waals surface area (Å²) in [7, 11) is 8.87. The minimum absolute atomic E-state index is 0.714. The minimum Gasteiger partial charge on any atom is -0.497 e. The molecule has 0 unspecified atom stereocenters. The fourth-order valence-corrected chi connectivity index (χ4v) is 10.8. The Balaban J connectivity index is 1.06. The molecule has 7 aromatic carbocycles. The van der Waals surface area contributed by atoms with Gasteiger partial charge < -0.3 is 38.2 Å². The number of hydrogen-bond acceptors (Lipinski definition) is 9. The zero-order chi connectivity index (χ0) is 53.7. The topological polar surface area (TPSA) is 75.4 Å². The van der Waals surface area contributed by atoms with Crippen molar-refractivity contribution in [3.8, 4) is 39.6 Å². The summed E-state index contributed by atoms with van der Waals surface area (Å²) in [4.78, 5) is 9.15. The molecule has 2 aromatic heterocycles. The highest BCUT2D eigenvalue weighted by Gasteiger charge is 2.20. The first-order chi connectivity index (χ1) is 37.7. The quantitative estimate of drug-likeness (QED) is 0.0491. The van der Waals surface area contributed by atoms with E-state index in [0.717, 1.165) is 103 Å². The van der Waals surface area contributed by atoms with E-state index in [1.54, 1.807) is 39.8 Å². The zero-order valence-electron chi connectivity index (χ0n) is 44.9. The number of methoxy groups -OCH3 is 4. The average Bonchev–Trinajstić information content (AvgIpc) is 4.08. The lowest BCUT2D eigenvalue weighted by Gasteiger charge is -2.29. The number of aryl methyl sites for hydroxylation is 1. The summed E-state index contributed by atoms with van der Waals surface area (Å²) in [5, 5.41) is 9.53. The lowest BCUT2D eigenvalue weighted by atomic mass is 10.1. The van der Waals surface area contributed by atoms with Crippen molar-refractivity contribution < 1.29 is 18.9 Å². The number of nitriles is 1. The number of rotatable bonds is 22. The number of ether oxygens (including phenoxy) is 4. The van der Waals surface area contributed by atoms with Crippen molar-refractivity contribution in [2.24, 2.45) is 7.05 Å². The van der Waals surface area contributed by atoms with Crippen LogP contribution in [0.5, 0.6) is 23.0 Å². The molecule has 77 heavy (non-hydrogen) atoms. The maximum absolute atomic E-state index is 9.53. The molecule has 0 bridgehead atoms. The Morgan fingerprint density at radius 2 is 0.857 bits per heavy atom. The number of benzene rings is 7. The smallest absolute Gasteiger partial charge is 0.119 e. The molecule has 9 rings (SSSR count). The number of thiophene rings is 1. The van der Waals surface area contributed by atoms with E-state index in [4.69, 9.17) is 18.9 Å². The van der Waals surface area contributed by atoms with Crippen LogP contribution in [0.2, 0.25) is 0 Å². The maximum atomic E-state index is 9.53. The van der Waals surface area contributed by atoms with E-state index in [0.29, 0.717) is 5.57 Å². The first kappa shape index (κ1) is 52.9. The highest BCUT2D eigenvalue weighted by Crippen LogP contribution is 2.43. The highest BCUT2D eigenvalue weighted by molar-refractivity contribution is 7.16. The fraction of sp³-hybridized carbons (Fsp3) is 0.179. The Kier molecular flexibility index (Phi) is 17.2. The van der Waals surface area contributed by atoms with E-state index in [1.165, 1.54) is 35.4 Å². The molecule has 9 aromatic rings. The lowest BCUT2D eigenvalue weighted by molar-refractivity contribution is 0.414. The summed E-state index contributed by atoms with van der Waals surface area (Å²) in [5.41, 5.74) is 14.4. The van der Waals surface area contributed by atoms with Crippen LogP contribution in [0.15, 0.2) is 194 Å². The van der Waals surface area contributed by atoms with Gasteiger partial charge in [-0.05, 0) is 219 Å². The third-order valence-electron chi connectivity index (χ3n) is 13.7. The van der Waals surface area contributed by atoms with Gasteiger partial charge in [-0.3, -0.25) is 0 Å². The van der Waals surface area contributed by atoms with Gasteiger partial charge in [0.15, 0.2) is 0 Å². The van der Waals surface area contributed by atoms with Crippen molar-refractivity contribution >= 4 is 80.8 Å². The molecule has 0 amide bonds. The maximum Gasteiger partial charge on any atom is 0.119 e. The second kappa shape index (κ2) is 25.1. The third kappa shape index (κ3) is 12.5. The van der Waals surface area contributed by atoms with E-state index in [9.17, 15) is 5.26 Å². The van der Waals surface area contributed by atoms with Crippen LogP contribution in [0.4, 0.5) is 51.2 Å². The van der Waals surface area contributed by atoms with Crippen LogP contribution in [0.3, 0.4) is 0 Å². The van der Waals surface area contributed by atoms with Gasteiger partial charge in [0.2, 0.25) is 0 Å². The predicted octanol–water partition coefficient (Wildman–Crippen LogP) is 18.4. The van der Waals surface area contributed by atoms with Crippen LogP contribution in [-0.4, -0.2) is 33.0 Å². The molecule has 0 N–H and O–H groups in total. The summed E-state index contributed by atoms with van der Waals surface area (Å²) in [6.45, 7) is 4.12. The molecule has 0 saturated carbocycles. The number of hydrogen-bond donors (Lipinski definition) is 0. The van der Waals surface area contributed by atoms with Crippen molar-refractivity contribution in [2.75, 3.05) is 43.1 Å². The molecule has 0 aliphatic carbocycles. The molecule has 388 valence electrons. The van der Waals surface area contributed by atoms with Gasteiger partial charge in [-0.25, -0.2) is 0 Å². The molecule has 10 heteroatoms. The summed E-state index contributed by atoms with van der Waals surface area (Å²) in [6, 6.07) is 67.6. The first-order valence-corrected chi connectivity index (χ1v) is 26.8. The van der Waals surface area contributed by atoms with Gasteiger partial charge in [0.05, 0.1) is 45.1 Å². The molecule has 9 nitrogen and oxygen atoms in total. The molecule has 0 aliphatic rings. The van der Waals surface area contributed by atoms with Crippen molar-refractivity contribution in [3.63, 3.8) is 0 Å². The molecule has 0 fully saturated rings. The van der Waals surface area contributed by atoms with Gasteiger partial charge in [0.1, 0.15) is 23.0 Å². The van der Waals surface area contributed by atoms with E-state index in [1.807, 2.05) is 61.5 Å². The predicted molar refractivity (Wildman–Crippen MR) is 321 cm³/mol. The van der Waals surface area contributed by atoms with E-state index >= 15 is 0 Å². The highest BCUT2D eigenvalue weighted by atomic mass is 32.1. The Morgan fingerprint density at radius 3 is 1.21 bits per heavy atom. The second-order valence-corrected chi connectivity index (χ2v) is 19.8. The van der Waals surface area contributed by atoms with Crippen LogP contribution < -0.4 is 33.6 Å². The SMILES string of the molecule is CCCCCCc1cc(/C=C(/C)C#N)sc1-c1ccc(/C=C/c2ccc(N(c3ccc(N(c4ccc(OC)cc4)c4ccc(OC)cc4)cc3)c3ccc(N(c4ccc(OC)cc4)c4ccc(OC)cc4)cc3)cc2)n1C. The Bertz CT molecular complexity index is 3210. The van der Waals surface area contributed by atoms with Crippen molar-refractivity contribution in [2.45, 2.75) is 46.0 Å². The van der Waals surface area contributed by atoms with Gasteiger partial charge in [0, 0.05) is 74.4 Å². The van der Waals surface area contributed by atoms with E-state index < -0.39 is 0 Å². The largest absolute Gasteiger partial charge is 0.497 e. The summed E-state index contributed by atoms with van der Waals surface area (Å²) >= 11 is 1.77. The number of nitrogens with zero attached hydrogens (tertiary/aromatic N) is 5. The lowest BCUT2D eigenvalue weighted by Crippen LogP contribution is -2.13. The van der Waals surface area contributed by atoms with Gasteiger partial charge >= 0.3 is 0 Å². The average molecular weight is 1040 g/mol. The van der Waals surface area contributed by atoms with Crippen LogP contribution in [0, 0.1) is 11.3 Å². The number of allylic oxidation sites excluding steroid dienone is 1. The van der Waals surface area contributed by atoms with Gasteiger partial charge in [-0.2, -0.15) is 5.26 Å². The second-order valence-electron chi connectivity index (χ2n) is 18.7. The monoisotopic (exact) mass is 1040 g/mol. The minimum atomic E-state index is 0.714. The molecule has 2 heterocycles. The molecule has 0 aliphatic heterocycles.